The number of hydrogen-bond acceptors (Lipinski definition) is 5. The number of amides is 2. The van der Waals surface area contributed by atoms with Crippen molar-refractivity contribution in [3.8, 4) is 5.75 Å². The number of hydrogen-bond donors (Lipinski definition) is 0. The van der Waals surface area contributed by atoms with Crippen LogP contribution in [0.15, 0.2) is 78.9 Å². The quantitative estimate of drug-likeness (QED) is 0.395. The van der Waals surface area contributed by atoms with Crippen molar-refractivity contribution in [1.82, 2.24) is 14.7 Å². The Balaban J connectivity index is 1.35. The van der Waals surface area contributed by atoms with Crippen molar-refractivity contribution in [1.29, 1.82) is 0 Å². The van der Waals surface area contributed by atoms with Crippen molar-refractivity contribution in [2.75, 3.05) is 39.0 Å². The van der Waals surface area contributed by atoms with Gasteiger partial charge >= 0.3 is 0 Å². The van der Waals surface area contributed by atoms with Crippen molar-refractivity contribution >= 4 is 23.6 Å². The summed E-state index contributed by atoms with van der Waals surface area (Å²) in [6, 6.07) is 25.6. The van der Waals surface area contributed by atoms with Gasteiger partial charge in [-0.2, -0.15) is 0 Å². The highest BCUT2D eigenvalue weighted by Crippen LogP contribution is 2.43. The minimum Gasteiger partial charge on any atom is -0.497 e. The fourth-order valence-electron chi connectivity index (χ4n) is 5.41. The summed E-state index contributed by atoms with van der Waals surface area (Å²) < 4.78 is 5.29. The molecule has 0 N–H and O–H groups in total. The largest absolute Gasteiger partial charge is 0.497 e. The van der Waals surface area contributed by atoms with Gasteiger partial charge in [0.1, 0.15) is 17.2 Å². The fraction of sp³-hybridized carbons (Fsp3) is 0.394. The highest BCUT2D eigenvalue weighted by atomic mass is 32.2. The van der Waals surface area contributed by atoms with Crippen LogP contribution in [0.1, 0.15) is 53.2 Å². The average molecular weight is 558 g/mol. The summed E-state index contributed by atoms with van der Waals surface area (Å²) in [5.74, 6) is 1.19. The molecule has 5 rings (SSSR count). The van der Waals surface area contributed by atoms with Crippen LogP contribution in [0.4, 0.5) is 0 Å². The number of thioether (sulfide) groups is 1. The molecule has 6 nitrogen and oxygen atoms in total. The number of benzene rings is 3. The van der Waals surface area contributed by atoms with E-state index >= 15 is 0 Å². The molecular formula is C33H39N3O3S. The molecular weight excluding hydrogens is 518 g/mol. The van der Waals surface area contributed by atoms with Gasteiger partial charge in [0.15, 0.2) is 0 Å². The monoisotopic (exact) mass is 557 g/mol. The first-order valence-electron chi connectivity index (χ1n) is 14.0. The summed E-state index contributed by atoms with van der Waals surface area (Å²) in [6.45, 7) is 10.5. The summed E-state index contributed by atoms with van der Waals surface area (Å²) >= 11 is 1.67. The maximum atomic E-state index is 14.0. The molecule has 2 aliphatic rings. The Morgan fingerprint density at radius 2 is 1.52 bits per heavy atom. The summed E-state index contributed by atoms with van der Waals surface area (Å²) in [4.78, 5) is 34.1. The maximum Gasteiger partial charge on any atom is 0.255 e. The highest BCUT2D eigenvalue weighted by molar-refractivity contribution is 7.99. The molecule has 0 aromatic heterocycles. The molecule has 2 aliphatic heterocycles. The zero-order valence-electron chi connectivity index (χ0n) is 23.9. The molecule has 2 saturated heterocycles. The lowest BCUT2D eigenvalue weighted by molar-refractivity contribution is -0.137. The first kappa shape index (κ1) is 28.2. The average Bonchev–Trinajstić information content (AvgIpc) is 3.42. The second-order valence-corrected chi connectivity index (χ2v) is 12.7. The van der Waals surface area contributed by atoms with E-state index in [4.69, 9.17) is 4.74 Å². The van der Waals surface area contributed by atoms with E-state index < -0.39 is 6.04 Å². The third-order valence-electron chi connectivity index (χ3n) is 7.85. The highest BCUT2D eigenvalue weighted by Gasteiger charge is 2.44. The van der Waals surface area contributed by atoms with Gasteiger partial charge in [0, 0.05) is 44.0 Å². The third kappa shape index (κ3) is 6.21. The molecule has 0 spiro atoms. The molecule has 0 radical (unpaired) electrons. The molecule has 2 fully saturated rings. The van der Waals surface area contributed by atoms with Gasteiger partial charge in [0.25, 0.3) is 5.91 Å². The lowest BCUT2D eigenvalue weighted by Crippen LogP contribution is -2.55. The number of rotatable bonds is 6. The topological polar surface area (TPSA) is 53.1 Å². The molecule has 40 heavy (non-hydrogen) atoms. The summed E-state index contributed by atoms with van der Waals surface area (Å²) in [5.41, 5.74) is 4.17. The van der Waals surface area contributed by atoms with Gasteiger partial charge in [-0.05, 0) is 46.4 Å². The van der Waals surface area contributed by atoms with Crippen LogP contribution in [0.2, 0.25) is 0 Å². The van der Waals surface area contributed by atoms with E-state index in [1.54, 1.807) is 43.1 Å². The van der Waals surface area contributed by atoms with Crippen LogP contribution in [0.3, 0.4) is 0 Å². The van der Waals surface area contributed by atoms with Crippen LogP contribution >= 0.6 is 11.8 Å². The maximum absolute atomic E-state index is 14.0. The Morgan fingerprint density at radius 1 is 0.875 bits per heavy atom. The van der Waals surface area contributed by atoms with E-state index in [0.717, 1.165) is 25.2 Å². The molecule has 3 aromatic carbocycles. The number of carbonyl (C=O) groups excluding carboxylic acids is 2. The second-order valence-electron chi connectivity index (χ2n) is 11.6. The molecule has 0 aliphatic carbocycles. The Bertz CT molecular complexity index is 1300. The normalized spacial score (nSPS) is 20.0. The van der Waals surface area contributed by atoms with Gasteiger partial charge in [-0.25, -0.2) is 0 Å². The number of piperazine rings is 1. The van der Waals surface area contributed by atoms with Crippen molar-refractivity contribution in [2.45, 2.75) is 44.1 Å². The Hall–Kier alpha value is -3.29. The molecule has 2 amide bonds. The molecule has 0 saturated carbocycles. The van der Waals surface area contributed by atoms with Gasteiger partial charge in [0.05, 0.1) is 7.11 Å². The minimum atomic E-state index is -0.507. The standard InChI is InChI=1S/C33H39N3O3S/c1-33(2,3)27-14-10-26(11-15-27)32-36(30(37)25-12-16-28(39-4)17-13-25)29(23-40-32)31(38)35-20-18-34(19-21-35)22-24-8-6-5-7-9-24/h5-17,29,32H,18-23H2,1-4H3. The Labute approximate surface area is 242 Å². The van der Waals surface area contributed by atoms with E-state index in [-0.39, 0.29) is 22.6 Å². The number of carbonyl (C=O) groups is 2. The molecule has 2 heterocycles. The van der Waals surface area contributed by atoms with Gasteiger partial charge in [0.2, 0.25) is 5.91 Å². The first-order chi connectivity index (χ1) is 19.2. The van der Waals surface area contributed by atoms with E-state index in [1.807, 2.05) is 15.9 Å². The molecule has 7 heteroatoms. The third-order valence-corrected chi connectivity index (χ3v) is 9.17. The lowest BCUT2D eigenvalue weighted by atomic mass is 9.86. The summed E-state index contributed by atoms with van der Waals surface area (Å²) in [6.07, 6.45) is 0. The number of nitrogens with zero attached hydrogens (tertiary/aromatic N) is 3. The van der Waals surface area contributed by atoms with Crippen LogP contribution in [-0.2, 0) is 16.8 Å². The SMILES string of the molecule is COc1ccc(C(=O)N2C(C(=O)N3CCN(Cc4ccccc4)CC3)CSC2c2ccc(C(C)(C)C)cc2)cc1. The molecule has 3 aromatic rings. The van der Waals surface area contributed by atoms with Crippen molar-refractivity contribution in [3.05, 3.63) is 101 Å². The fourth-order valence-corrected chi connectivity index (χ4v) is 6.83. The zero-order valence-corrected chi connectivity index (χ0v) is 24.7. The van der Waals surface area contributed by atoms with Gasteiger partial charge in [-0.1, -0.05) is 75.4 Å². The summed E-state index contributed by atoms with van der Waals surface area (Å²) in [5, 5.41) is -0.225. The van der Waals surface area contributed by atoms with Crippen LogP contribution < -0.4 is 4.74 Å². The second kappa shape index (κ2) is 12.1. The Morgan fingerprint density at radius 3 is 2.12 bits per heavy atom. The molecule has 0 bridgehead atoms. The predicted molar refractivity (Wildman–Crippen MR) is 162 cm³/mol. The Kier molecular flexibility index (Phi) is 8.52. The van der Waals surface area contributed by atoms with Crippen molar-refractivity contribution in [2.24, 2.45) is 0 Å². The molecule has 2 atom stereocenters. The van der Waals surface area contributed by atoms with Crippen LogP contribution in [0.5, 0.6) is 5.75 Å². The lowest BCUT2D eigenvalue weighted by Gasteiger charge is -2.38. The van der Waals surface area contributed by atoms with Gasteiger partial charge in [-0.3, -0.25) is 14.5 Å². The zero-order chi connectivity index (χ0) is 28.3. The van der Waals surface area contributed by atoms with E-state index in [9.17, 15) is 9.59 Å². The van der Waals surface area contributed by atoms with Crippen LogP contribution in [0, 0.1) is 0 Å². The number of methoxy groups -OCH3 is 1. The number of ether oxygens (including phenoxy) is 1. The minimum absolute atomic E-state index is 0.0428. The van der Waals surface area contributed by atoms with E-state index in [0.29, 0.717) is 30.2 Å². The molecule has 210 valence electrons. The van der Waals surface area contributed by atoms with Crippen LogP contribution in [-0.4, -0.2) is 71.6 Å². The van der Waals surface area contributed by atoms with E-state index in [1.165, 1.54) is 11.1 Å². The summed E-state index contributed by atoms with van der Waals surface area (Å²) in [7, 11) is 1.61. The van der Waals surface area contributed by atoms with Crippen LogP contribution in [0.25, 0.3) is 0 Å². The van der Waals surface area contributed by atoms with Crippen molar-refractivity contribution in [3.63, 3.8) is 0 Å². The first-order valence-corrected chi connectivity index (χ1v) is 15.0. The van der Waals surface area contributed by atoms with Gasteiger partial charge in [-0.15, -0.1) is 11.8 Å². The van der Waals surface area contributed by atoms with Crippen molar-refractivity contribution < 1.29 is 14.3 Å². The van der Waals surface area contributed by atoms with E-state index in [2.05, 4.69) is 74.2 Å². The molecule has 2 unspecified atom stereocenters. The predicted octanol–water partition coefficient (Wildman–Crippen LogP) is 5.59. The van der Waals surface area contributed by atoms with Gasteiger partial charge < -0.3 is 14.5 Å². The smallest absolute Gasteiger partial charge is 0.255 e.